The topological polar surface area (TPSA) is 89.0 Å². The largest absolute Gasteiger partial charge is 0.385 e. The number of amides is 1. The molecule has 0 saturated carbocycles. The Balaban J connectivity index is 2.01. The molecule has 0 saturated heterocycles. The van der Waals surface area contributed by atoms with Gasteiger partial charge in [0.25, 0.3) is 0 Å². The van der Waals surface area contributed by atoms with Crippen molar-refractivity contribution < 1.29 is 13.9 Å². The number of nitrogens with one attached hydrogen (secondary N) is 2. The van der Waals surface area contributed by atoms with E-state index >= 15 is 0 Å². The quantitative estimate of drug-likeness (QED) is 0.535. The number of hydrogen-bond donors (Lipinski definition) is 2. The van der Waals surface area contributed by atoms with Gasteiger partial charge in [-0.2, -0.15) is 0 Å². The van der Waals surface area contributed by atoms with Crippen LogP contribution in [0.15, 0.2) is 28.2 Å². The van der Waals surface area contributed by atoms with Gasteiger partial charge in [-0.05, 0) is 31.5 Å². The van der Waals surface area contributed by atoms with Crippen LogP contribution in [0.4, 0.5) is 10.1 Å². The molecule has 1 heterocycles. The van der Waals surface area contributed by atoms with Crippen LogP contribution in [0.25, 0.3) is 0 Å². The summed E-state index contributed by atoms with van der Waals surface area (Å²) in [6.07, 6.45) is 0.651. The summed E-state index contributed by atoms with van der Waals surface area (Å²) < 4.78 is 19.6. The van der Waals surface area contributed by atoms with Crippen molar-refractivity contribution in [2.75, 3.05) is 19.0 Å². The highest BCUT2D eigenvalue weighted by Crippen LogP contribution is 2.23. The molecule has 0 aliphatic heterocycles. The van der Waals surface area contributed by atoms with E-state index in [1.165, 1.54) is 22.8 Å². The minimum atomic E-state index is -0.557. The first-order valence-electron chi connectivity index (χ1n) is 7.49. The molecule has 136 valence electrons. The fraction of sp³-hybridized carbons (Fsp3) is 0.400. The smallest absolute Gasteiger partial charge is 0.343 e. The number of benzene rings is 1. The van der Waals surface area contributed by atoms with E-state index in [1.54, 1.807) is 14.0 Å². The molecule has 25 heavy (non-hydrogen) atoms. The van der Waals surface area contributed by atoms with Crippen LogP contribution < -0.4 is 11.0 Å². The molecule has 0 aliphatic rings. The van der Waals surface area contributed by atoms with E-state index in [0.29, 0.717) is 30.4 Å². The number of anilines is 1. The highest BCUT2D eigenvalue weighted by Gasteiger charge is 2.19. The van der Waals surface area contributed by atoms with Crippen LogP contribution in [0, 0.1) is 5.82 Å². The van der Waals surface area contributed by atoms with Crippen LogP contribution in [-0.2, 0) is 16.1 Å². The summed E-state index contributed by atoms with van der Waals surface area (Å²) in [6.45, 7) is 2.64. The van der Waals surface area contributed by atoms with Crippen molar-refractivity contribution in [1.82, 2.24) is 14.8 Å². The van der Waals surface area contributed by atoms with Crippen molar-refractivity contribution in [3.8, 4) is 0 Å². The lowest BCUT2D eigenvalue weighted by Crippen LogP contribution is -2.24. The summed E-state index contributed by atoms with van der Waals surface area (Å²) in [4.78, 5) is 24.1. The average Bonchev–Trinajstić information content (AvgIpc) is 2.91. The molecular formula is C15H18ClFN4O3S. The second-order valence-electron chi connectivity index (χ2n) is 5.19. The third-order valence-corrected chi connectivity index (χ3v) is 4.67. The van der Waals surface area contributed by atoms with E-state index < -0.39 is 11.1 Å². The van der Waals surface area contributed by atoms with Gasteiger partial charge in [0.15, 0.2) is 5.16 Å². The minimum absolute atomic E-state index is 0.0719. The number of hydrogen-bond acceptors (Lipinski definition) is 5. The Labute approximate surface area is 152 Å². The summed E-state index contributed by atoms with van der Waals surface area (Å²) >= 11 is 6.84. The number of thioether (sulfide) groups is 1. The fourth-order valence-electron chi connectivity index (χ4n) is 1.99. The minimum Gasteiger partial charge on any atom is -0.385 e. The van der Waals surface area contributed by atoms with E-state index in [1.807, 2.05) is 0 Å². The van der Waals surface area contributed by atoms with Crippen molar-refractivity contribution in [1.29, 1.82) is 0 Å². The summed E-state index contributed by atoms with van der Waals surface area (Å²) in [7, 11) is 1.59. The van der Waals surface area contributed by atoms with Crippen LogP contribution in [0.1, 0.15) is 13.3 Å². The van der Waals surface area contributed by atoms with E-state index in [9.17, 15) is 14.0 Å². The van der Waals surface area contributed by atoms with Gasteiger partial charge in [-0.25, -0.2) is 14.3 Å². The molecule has 7 nitrogen and oxygen atoms in total. The van der Waals surface area contributed by atoms with Gasteiger partial charge in [-0.15, -0.1) is 5.10 Å². The zero-order valence-electron chi connectivity index (χ0n) is 13.7. The van der Waals surface area contributed by atoms with Gasteiger partial charge in [0.05, 0.1) is 10.3 Å². The molecular weight excluding hydrogens is 371 g/mol. The summed E-state index contributed by atoms with van der Waals surface area (Å²) in [5.41, 5.74) is 0.0555. The van der Waals surface area contributed by atoms with E-state index in [2.05, 4.69) is 15.5 Å². The first kappa shape index (κ1) is 19.5. The second kappa shape index (κ2) is 9.02. The highest BCUT2D eigenvalue weighted by atomic mass is 35.5. The zero-order chi connectivity index (χ0) is 18.4. The maximum atomic E-state index is 13.2. The molecule has 0 fully saturated rings. The van der Waals surface area contributed by atoms with Crippen molar-refractivity contribution in [3.63, 3.8) is 0 Å². The molecule has 2 N–H and O–H groups in total. The van der Waals surface area contributed by atoms with Crippen molar-refractivity contribution in [3.05, 3.63) is 39.5 Å². The molecule has 0 unspecified atom stereocenters. The first-order valence-corrected chi connectivity index (χ1v) is 8.75. The second-order valence-corrected chi connectivity index (χ2v) is 6.90. The molecule has 0 bridgehead atoms. The van der Waals surface area contributed by atoms with Gasteiger partial charge in [-0.3, -0.25) is 9.36 Å². The normalized spacial score (nSPS) is 12.2. The Morgan fingerprint density at radius 1 is 1.56 bits per heavy atom. The summed E-state index contributed by atoms with van der Waals surface area (Å²) in [6, 6.07) is 3.93. The molecule has 2 rings (SSSR count). The fourth-order valence-corrected chi connectivity index (χ4v) is 3.05. The standard InChI is InChI=1S/C15H18ClFN4O3S/c1-9(13(22)18-10-4-5-12(17)11(16)8-10)25-15-20-19-14(23)21(15)6-3-7-24-2/h4-5,8-9H,3,6-7H2,1-2H3,(H,18,22)(H,19,23)/t9-/m1/s1. The van der Waals surface area contributed by atoms with Crippen LogP contribution >= 0.6 is 23.4 Å². The number of H-pyrrole nitrogens is 1. The molecule has 0 radical (unpaired) electrons. The summed E-state index contributed by atoms with van der Waals surface area (Å²) in [5, 5.41) is 8.79. The highest BCUT2D eigenvalue weighted by molar-refractivity contribution is 8.00. The molecule has 1 amide bonds. The van der Waals surface area contributed by atoms with Crippen molar-refractivity contribution in [2.45, 2.75) is 30.3 Å². The van der Waals surface area contributed by atoms with Crippen LogP contribution in [0.2, 0.25) is 5.02 Å². The van der Waals surface area contributed by atoms with Crippen molar-refractivity contribution in [2.24, 2.45) is 0 Å². The number of aromatic amines is 1. The zero-order valence-corrected chi connectivity index (χ0v) is 15.3. The van der Waals surface area contributed by atoms with E-state index in [0.717, 1.165) is 11.8 Å². The molecule has 1 atom stereocenters. The van der Waals surface area contributed by atoms with Gasteiger partial charge in [0, 0.05) is 25.9 Å². The lowest BCUT2D eigenvalue weighted by atomic mass is 10.3. The number of aromatic nitrogens is 3. The van der Waals surface area contributed by atoms with Gasteiger partial charge in [-0.1, -0.05) is 23.4 Å². The molecule has 1 aromatic carbocycles. The number of ether oxygens (including phenoxy) is 1. The van der Waals surface area contributed by atoms with Crippen LogP contribution in [0.5, 0.6) is 0 Å². The maximum absolute atomic E-state index is 13.2. The third-order valence-electron chi connectivity index (χ3n) is 3.29. The predicted octanol–water partition coefficient (Wildman–Crippen LogP) is 2.52. The molecule has 10 heteroatoms. The van der Waals surface area contributed by atoms with E-state index in [-0.39, 0.29) is 16.6 Å². The number of carbonyl (C=O) groups is 1. The number of rotatable bonds is 8. The van der Waals surface area contributed by atoms with Crippen LogP contribution in [0.3, 0.4) is 0 Å². The Hall–Kier alpha value is -1.84. The molecule has 1 aromatic heterocycles. The maximum Gasteiger partial charge on any atom is 0.343 e. The van der Waals surface area contributed by atoms with E-state index in [4.69, 9.17) is 16.3 Å². The number of methoxy groups -OCH3 is 1. The Morgan fingerprint density at radius 2 is 2.32 bits per heavy atom. The van der Waals surface area contributed by atoms with Crippen molar-refractivity contribution >= 4 is 35.0 Å². The van der Waals surface area contributed by atoms with Gasteiger partial charge in [0.1, 0.15) is 5.82 Å². The predicted molar refractivity (Wildman–Crippen MR) is 94.7 cm³/mol. The number of halogens is 2. The lowest BCUT2D eigenvalue weighted by Gasteiger charge is -2.12. The molecule has 0 spiro atoms. The van der Waals surface area contributed by atoms with Gasteiger partial charge in [0.2, 0.25) is 5.91 Å². The molecule has 0 aliphatic carbocycles. The first-order chi connectivity index (χ1) is 11.9. The average molecular weight is 389 g/mol. The lowest BCUT2D eigenvalue weighted by molar-refractivity contribution is -0.115. The van der Waals surface area contributed by atoms with Crippen LogP contribution in [-0.4, -0.2) is 39.6 Å². The summed E-state index contributed by atoms with van der Waals surface area (Å²) in [5.74, 6) is -0.870. The number of carbonyl (C=O) groups excluding carboxylic acids is 1. The Morgan fingerprint density at radius 3 is 3.00 bits per heavy atom. The van der Waals surface area contributed by atoms with Gasteiger partial charge >= 0.3 is 5.69 Å². The SMILES string of the molecule is COCCCn1c(S[C@H](C)C(=O)Nc2ccc(F)c(Cl)c2)n[nH]c1=O. The molecule has 2 aromatic rings. The number of nitrogens with zero attached hydrogens (tertiary/aromatic N) is 2. The third kappa shape index (κ3) is 5.32. The van der Waals surface area contributed by atoms with Gasteiger partial charge < -0.3 is 10.1 Å². The Kier molecular flexibility index (Phi) is 7.03. The monoisotopic (exact) mass is 388 g/mol. The Bertz CT molecular complexity index is 795.